The minimum absolute atomic E-state index is 0.0653. The van der Waals surface area contributed by atoms with Gasteiger partial charge in [0.2, 0.25) is 0 Å². The fourth-order valence-corrected chi connectivity index (χ4v) is 2.88. The zero-order chi connectivity index (χ0) is 17.6. The van der Waals surface area contributed by atoms with E-state index in [1.165, 1.54) is 0 Å². The van der Waals surface area contributed by atoms with Gasteiger partial charge in [-0.15, -0.1) is 0 Å². The molecule has 1 heterocycles. The van der Waals surface area contributed by atoms with Crippen molar-refractivity contribution in [3.8, 4) is 5.75 Å². The number of hydrogen-bond acceptors (Lipinski definition) is 3. The number of ether oxygens (including phenoxy) is 1. The van der Waals surface area contributed by atoms with Crippen LogP contribution in [0.3, 0.4) is 0 Å². The molecule has 0 unspecified atom stereocenters. The lowest BCUT2D eigenvalue weighted by Crippen LogP contribution is -2.34. The lowest BCUT2D eigenvalue weighted by Gasteiger charge is -2.19. The Morgan fingerprint density at radius 1 is 1.24 bits per heavy atom. The molecular formula is C19H18BrN3O2. The van der Waals surface area contributed by atoms with Crippen LogP contribution < -0.4 is 10.1 Å². The molecule has 0 aliphatic rings. The average Bonchev–Trinajstić information content (AvgIpc) is 3.04. The summed E-state index contributed by atoms with van der Waals surface area (Å²) in [5.41, 5.74) is 0.965. The first-order valence-corrected chi connectivity index (χ1v) is 8.62. The zero-order valence-corrected chi connectivity index (χ0v) is 15.3. The summed E-state index contributed by atoms with van der Waals surface area (Å²) < 4.78 is 8.36. The molecule has 3 rings (SSSR count). The Labute approximate surface area is 154 Å². The second-order valence-corrected chi connectivity index (χ2v) is 6.47. The molecule has 5 nitrogen and oxygen atoms in total. The first kappa shape index (κ1) is 17.2. The molecule has 2 aromatic carbocycles. The van der Waals surface area contributed by atoms with Crippen LogP contribution in [0, 0.1) is 0 Å². The molecule has 0 spiro atoms. The number of carbonyl (C=O) groups is 1. The number of halogens is 1. The van der Waals surface area contributed by atoms with Crippen LogP contribution >= 0.6 is 15.9 Å². The van der Waals surface area contributed by atoms with E-state index in [9.17, 15) is 4.79 Å². The summed E-state index contributed by atoms with van der Waals surface area (Å²) >= 11 is 3.38. The smallest absolute Gasteiger partial charge is 0.258 e. The van der Waals surface area contributed by atoms with Crippen molar-refractivity contribution in [1.82, 2.24) is 14.9 Å². The van der Waals surface area contributed by atoms with E-state index in [4.69, 9.17) is 4.74 Å². The van der Waals surface area contributed by atoms with Gasteiger partial charge in [0.25, 0.3) is 5.91 Å². The summed E-state index contributed by atoms with van der Waals surface area (Å²) in [5, 5.41) is 3.00. The lowest BCUT2D eigenvalue weighted by atomic mass is 10.1. The summed E-state index contributed by atoms with van der Waals surface area (Å²) in [5.74, 6) is 1.19. The highest BCUT2D eigenvalue weighted by Gasteiger charge is 2.20. The van der Waals surface area contributed by atoms with Gasteiger partial charge >= 0.3 is 0 Å². The molecule has 1 N–H and O–H groups in total. The van der Waals surface area contributed by atoms with E-state index in [0.29, 0.717) is 5.75 Å². The highest BCUT2D eigenvalue weighted by molar-refractivity contribution is 9.10. The molecule has 0 saturated carbocycles. The predicted molar refractivity (Wildman–Crippen MR) is 99.3 cm³/mol. The molecule has 0 aliphatic heterocycles. The van der Waals surface area contributed by atoms with Crippen LogP contribution in [-0.2, 0) is 11.8 Å². The highest BCUT2D eigenvalue weighted by Crippen LogP contribution is 2.21. The summed E-state index contributed by atoms with van der Waals surface area (Å²) in [6, 6.07) is 16.8. The summed E-state index contributed by atoms with van der Waals surface area (Å²) in [7, 11) is 1.91. The van der Waals surface area contributed by atoms with Crippen LogP contribution in [-0.4, -0.2) is 22.1 Å². The van der Waals surface area contributed by atoms with Gasteiger partial charge in [-0.3, -0.25) is 4.79 Å². The molecule has 6 heteroatoms. The second kappa shape index (κ2) is 7.98. The maximum absolute atomic E-state index is 12.4. The van der Waals surface area contributed by atoms with E-state index in [-0.39, 0.29) is 18.6 Å². The molecule has 0 bridgehead atoms. The molecule has 25 heavy (non-hydrogen) atoms. The van der Waals surface area contributed by atoms with Crippen molar-refractivity contribution >= 4 is 21.8 Å². The van der Waals surface area contributed by atoms with Gasteiger partial charge in [0, 0.05) is 23.9 Å². The predicted octanol–water partition coefficient (Wildman–Crippen LogP) is 3.47. The SMILES string of the molecule is Cn1ccnc1[C@@H](NC(=O)COc1cccc(Br)c1)c1ccccc1. The first-order chi connectivity index (χ1) is 12.1. The minimum atomic E-state index is -0.334. The van der Waals surface area contributed by atoms with Crippen molar-refractivity contribution in [3.05, 3.63) is 82.9 Å². The Hall–Kier alpha value is -2.60. The number of aryl methyl sites for hydroxylation is 1. The Bertz CT molecular complexity index is 849. The number of nitrogens with one attached hydrogen (secondary N) is 1. The van der Waals surface area contributed by atoms with Crippen LogP contribution in [0.4, 0.5) is 0 Å². The normalized spacial score (nSPS) is 11.8. The maximum atomic E-state index is 12.4. The number of imidazole rings is 1. The van der Waals surface area contributed by atoms with Crippen molar-refractivity contribution in [2.75, 3.05) is 6.61 Å². The summed E-state index contributed by atoms with van der Waals surface area (Å²) in [6.07, 6.45) is 3.57. The van der Waals surface area contributed by atoms with Crippen molar-refractivity contribution in [2.45, 2.75) is 6.04 Å². The molecule has 128 valence electrons. The van der Waals surface area contributed by atoms with Crippen molar-refractivity contribution < 1.29 is 9.53 Å². The highest BCUT2D eigenvalue weighted by atomic mass is 79.9. The van der Waals surface area contributed by atoms with Gasteiger partial charge in [0.1, 0.15) is 17.6 Å². The van der Waals surface area contributed by atoms with Crippen LogP contribution in [0.15, 0.2) is 71.5 Å². The quantitative estimate of drug-likeness (QED) is 0.690. The molecule has 0 aliphatic carbocycles. The first-order valence-electron chi connectivity index (χ1n) is 7.83. The summed E-state index contributed by atoms with van der Waals surface area (Å²) in [6.45, 7) is -0.0653. The third kappa shape index (κ3) is 4.48. The Morgan fingerprint density at radius 3 is 2.72 bits per heavy atom. The number of aromatic nitrogens is 2. The third-order valence-corrected chi connectivity index (χ3v) is 4.21. The van der Waals surface area contributed by atoms with Crippen molar-refractivity contribution in [3.63, 3.8) is 0 Å². The largest absolute Gasteiger partial charge is 0.484 e. The number of benzene rings is 2. The standard InChI is InChI=1S/C19H18BrN3O2/c1-23-11-10-21-19(23)18(14-6-3-2-4-7-14)22-17(24)13-25-16-9-5-8-15(20)12-16/h2-12,18H,13H2,1H3,(H,22,24)/t18-/m0/s1. The van der Waals surface area contributed by atoms with Gasteiger partial charge in [-0.1, -0.05) is 52.3 Å². The average molecular weight is 400 g/mol. The van der Waals surface area contributed by atoms with E-state index in [1.54, 1.807) is 6.20 Å². The van der Waals surface area contributed by atoms with Gasteiger partial charge in [-0.05, 0) is 23.8 Å². The van der Waals surface area contributed by atoms with Crippen LogP contribution in [0.25, 0.3) is 0 Å². The Kier molecular flexibility index (Phi) is 5.50. The van der Waals surface area contributed by atoms with E-state index >= 15 is 0 Å². The van der Waals surface area contributed by atoms with Crippen LogP contribution in [0.5, 0.6) is 5.75 Å². The molecule has 0 radical (unpaired) electrons. The molecule has 1 aromatic heterocycles. The molecule has 3 aromatic rings. The molecule has 0 fully saturated rings. The van der Waals surface area contributed by atoms with E-state index in [2.05, 4.69) is 26.2 Å². The zero-order valence-electron chi connectivity index (χ0n) is 13.7. The van der Waals surface area contributed by atoms with Gasteiger partial charge in [0.15, 0.2) is 6.61 Å². The van der Waals surface area contributed by atoms with E-state index < -0.39 is 0 Å². The van der Waals surface area contributed by atoms with Gasteiger partial charge in [-0.25, -0.2) is 4.98 Å². The second-order valence-electron chi connectivity index (χ2n) is 5.55. The van der Waals surface area contributed by atoms with Gasteiger partial charge in [0.05, 0.1) is 0 Å². The van der Waals surface area contributed by atoms with Gasteiger partial charge < -0.3 is 14.6 Å². The maximum Gasteiger partial charge on any atom is 0.258 e. The minimum Gasteiger partial charge on any atom is -0.484 e. The number of rotatable bonds is 6. The van der Waals surface area contributed by atoms with Crippen LogP contribution in [0.2, 0.25) is 0 Å². The molecule has 1 atom stereocenters. The fourth-order valence-electron chi connectivity index (χ4n) is 2.51. The van der Waals surface area contributed by atoms with Crippen molar-refractivity contribution in [1.29, 1.82) is 0 Å². The van der Waals surface area contributed by atoms with E-state index in [1.807, 2.05) is 72.4 Å². The van der Waals surface area contributed by atoms with Crippen LogP contribution in [0.1, 0.15) is 17.4 Å². The molecular weight excluding hydrogens is 382 g/mol. The van der Waals surface area contributed by atoms with Crippen molar-refractivity contribution in [2.24, 2.45) is 7.05 Å². The topological polar surface area (TPSA) is 56.2 Å². The number of nitrogens with zero attached hydrogens (tertiary/aromatic N) is 2. The molecule has 1 amide bonds. The number of amides is 1. The monoisotopic (exact) mass is 399 g/mol. The summed E-state index contributed by atoms with van der Waals surface area (Å²) in [4.78, 5) is 16.8. The van der Waals surface area contributed by atoms with Gasteiger partial charge in [-0.2, -0.15) is 0 Å². The third-order valence-electron chi connectivity index (χ3n) is 3.72. The lowest BCUT2D eigenvalue weighted by molar-refractivity contribution is -0.123. The molecule has 0 saturated heterocycles. The fraction of sp³-hybridized carbons (Fsp3) is 0.158. The Morgan fingerprint density at radius 2 is 2.04 bits per heavy atom. The number of carbonyl (C=O) groups excluding carboxylic acids is 1. The van der Waals surface area contributed by atoms with E-state index in [0.717, 1.165) is 15.9 Å². The Balaban J connectivity index is 1.72. The number of hydrogen-bond donors (Lipinski definition) is 1.